The van der Waals surface area contributed by atoms with E-state index in [9.17, 15) is 0 Å². The molecule has 0 aliphatic carbocycles. The van der Waals surface area contributed by atoms with Crippen molar-refractivity contribution in [1.82, 2.24) is 5.32 Å². The maximum absolute atomic E-state index is 5.91. The van der Waals surface area contributed by atoms with Gasteiger partial charge in [0.2, 0.25) is 0 Å². The summed E-state index contributed by atoms with van der Waals surface area (Å²) >= 11 is 1.94. The van der Waals surface area contributed by atoms with E-state index in [2.05, 4.69) is 43.6 Å². The predicted octanol–water partition coefficient (Wildman–Crippen LogP) is 4.02. The summed E-state index contributed by atoms with van der Waals surface area (Å²) < 4.78 is 5.91. The quantitative estimate of drug-likeness (QED) is 0.731. The molecule has 1 aromatic rings. The first-order valence-electron chi connectivity index (χ1n) is 7.61. The molecule has 0 radical (unpaired) electrons. The van der Waals surface area contributed by atoms with Crippen molar-refractivity contribution in [1.29, 1.82) is 0 Å². The van der Waals surface area contributed by atoms with Crippen LogP contribution in [-0.4, -0.2) is 24.2 Å². The van der Waals surface area contributed by atoms with E-state index in [0.717, 1.165) is 25.3 Å². The van der Waals surface area contributed by atoms with Crippen LogP contribution in [-0.2, 0) is 13.0 Å². The Morgan fingerprint density at radius 1 is 1.25 bits per heavy atom. The number of unbranched alkanes of at least 4 members (excludes halogenated alkanes) is 2. The Morgan fingerprint density at radius 2 is 2.10 bits per heavy atom. The lowest BCUT2D eigenvalue weighted by Gasteiger charge is -2.16. The summed E-state index contributed by atoms with van der Waals surface area (Å²) in [5.74, 6) is 2.36. The second kappa shape index (κ2) is 7.37. The molecule has 2 rings (SSSR count). The second-order valence-electron chi connectivity index (χ2n) is 6.21. The molecule has 1 N–H and O–H groups in total. The van der Waals surface area contributed by atoms with E-state index in [1.807, 2.05) is 11.8 Å². The Morgan fingerprint density at radius 3 is 2.90 bits per heavy atom. The number of fused-ring (bicyclic) bond motifs is 1. The van der Waals surface area contributed by atoms with Gasteiger partial charge in [-0.1, -0.05) is 18.6 Å². The zero-order valence-electron chi connectivity index (χ0n) is 13.0. The Bertz CT molecular complexity index is 431. The summed E-state index contributed by atoms with van der Waals surface area (Å²) in [5.41, 5.74) is 2.69. The van der Waals surface area contributed by atoms with Crippen molar-refractivity contribution in [2.24, 2.45) is 0 Å². The lowest BCUT2D eigenvalue weighted by Crippen LogP contribution is -2.24. The van der Waals surface area contributed by atoms with E-state index in [1.54, 1.807) is 0 Å². The molecule has 0 fully saturated rings. The SMILES string of the molecule is CSCCCCCNCc1ccc2c(c1)CC(C)(C)O2. The van der Waals surface area contributed by atoms with Crippen molar-refractivity contribution in [3.8, 4) is 5.75 Å². The molecule has 0 atom stereocenters. The van der Waals surface area contributed by atoms with Gasteiger partial charge in [0, 0.05) is 13.0 Å². The van der Waals surface area contributed by atoms with Crippen LogP contribution in [0.5, 0.6) is 5.75 Å². The summed E-state index contributed by atoms with van der Waals surface area (Å²) in [7, 11) is 0. The van der Waals surface area contributed by atoms with Gasteiger partial charge < -0.3 is 10.1 Å². The number of hydrogen-bond acceptors (Lipinski definition) is 3. The molecule has 0 spiro atoms. The zero-order valence-corrected chi connectivity index (χ0v) is 13.8. The Labute approximate surface area is 127 Å². The average molecular weight is 293 g/mol. The van der Waals surface area contributed by atoms with Crippen LogP contribution in [0.15, 0.2) is 18.2 Å². The third kappa shape index (κ3) is 4.71. The van der Waals surface area contributed by atoms with Gasteiger partial charge in [0.25, 0.3) is 0 Å². The van der Waals surface area contributed by atoms with Crippen LogP contribution in [0.4, 0.5) is 0 Å². The largest absolute Gasteiger partial charge is 0.487 e. The van der Waals surface area contributed by atoms with Gasteiger partial charge in [-0.15, -0.1) is 0 Å². The Kier molecular flexibility index (Phi) is 5.79. The minimum absolute atomic E-state index is 0.0360. The summed E-state index contributed by atoms with van der Waals surface area (Å²) in [6.45, 7) is 6.39. The molecule has 0 aromatic heterocycles. The molecule has 112 valence electrons. The summed E-state index contributed by atoms with van der Waals surface area (Å²) in [5, 5.41) is 3.54. The molecule has 3 heteroatoms. The molecule has 1 heterocycles. The smallest absolute Gasteiger partial charge is 0.123 e. The van der Waals surface area contributed by atoms with Gasteiger partial charge in [0.1, 0.15) is 11.4 Å². The molecule has 0 saturated carbocycles. The fourth-order valence-electron chi connectivity index (χ4n) is 2.68. The molecular weight excluding hydrogens is 266 g/mol. The fourth-order valence-corrected chi connectivity index (χ4v) is 3.17. The highest BCUT2D eigenvalue weighted by Gasteiger charge is 2.29. The Balaban J connectivity index is 1.70. The maximum Gasteiger partial charge on any atom is 0.123 e. The van der Waals surface area contributed by atoms with Crippen molar-refractivity contribution in [2.75, 3.05) is 18.6 Å². The van der Waals surface area contributed by atoms with E-state index in [-0.39, 0.29) is 5.60 Å². The molecule has 0 amide bonds. The number of benzene rings is 1. The molecule has 1 aliphatic rings. The first kappa shape index (κ1) is 15.7. The average Bonchev–Trinajstić information content (AvgIpc) is 2.71. The van der Waals surface area contributed by atoms with Gasteiger partial charge in [0.05, 0.1) is 0 Å². The molecule has 0 saturated heterocycles. The molecule has 2 nitrogen and oxygen atoms in total. The van der Waals surface area contributed by atoms with Crippen molar-refractivity contribution in [3.05, 3.63) is 29.3 Å². The first-order chi connectivity index (χ1) is 9.61. The molecule has 1 aliphatic heterocycles. The molecule has 0 bridgehead atoms. The van der Waals surface area contributed by atoms with Gasteiger partial charge in [-0.2, -0.15) is 11.8 Å². The molecule has 1 aromatic carbocycles. The lowest BCUT2D eigenvalue weighted by molar-refractivity contribution is 0.138. The van der Waals surface area contributed by atoms with Crippen molar-refractivity contribution < 1.29 is 4.74 Å². The maximum atomic E-state index is 5.91. The van der Waals surface area contributed by atoms with E-state index >= 15 is 0 Å². The summed E-state index contributed by atoms with van der Waals surface area (Å²) in [6.07, 6.45) is 7.15. The van der Waals surface area contributed by atoms with Crippen LogP contribution >= 0.6 is 11.8 Å². The van der Waals surface area contributed by atoms with Crippen LogP contribution in [0.2, 0.25) is 0 Å². The number of hydrogen-bond donors (Lipinski definition) is 1. The first-order valence-corrected chi connectivity index (χ1v) is 9.00. The van der Waals surface area contributed by atoms with Gasteiger partial charge >= 0.3 is 0 Å². The van der Waals surface area contributed by atoms with Crippen molar-refractivity contribution in [3.63, 3.8) is 0 Å². The summed E-state index contributed by atoms with van der Waals surface area (Å²) in [6, 6.07) is 6.60. The highest BCUT2D eigenvalue weighted by molar-refractivity contribution is 7.98. The number of rotatable bonds is 8. The Hall–Kier alpha value is -0.670. The number of thioether (sulfide) groups is 1. The number of nitrogens with one attached hydrogen (secondary N) is 1. The summed E-state index contributed by atoms with van der Waals surface area (Å²) in [4.78, 5) is 0. The third-order valence-corrected chi connectivity index (χ3v) is 4.36. The lowest BCUT2D eigenvalue weighted by atomic mass is 10.0. The van der Waals surface area contributed by atoms with Crippen LogP contribution in [0.1, 0.15) is 44.2 Å². The standard InChI is InChI=1S/C17H27NOS/c1-17(2)12-15-11-14(7-8-16(15)19-17)13-18-9-5-4-6-10-20-3/h7-8,11,18H,4-6,9-10,12-13H2,1-3H3. The highest BCUT2D eigenvalue weighted by Crippen LogP contribution is 2.35. The van der Waals surface area contributed by atoms with Crippen LogP contribution < -0.4 is 10.1 Å². The van der Waals surface area contributed by atoms with E-state index in [4.69, 9.17) is 4.74 Å². The third-order valence-electron chi connectivity index (χ3n) is 3.66. The number of ether oxygens (including phenoxy) is 1. The van der Waals surface area contributed by atoms with Crippen molar-refractivity contribution >= 4 is 11.8 Å². The normalized spacial score (nSPS) is 15.9. The zero-order chi connectivity index (χ0) is 14.4. The van der Waals surface area contributed by atoms with Crippen LogP contribution in [0.3, 0.4) is 0 Å². The monoisotopic (exact) mass is 293 g/mol. The van der Waals surface area contributed by atoms with Gasteiger partial charge in [0.15, 0.2) is 0 Å². The van der Waals surface area contributed by atoms with Gasteiger partial charge in [-0.05, 0) is 62.4 Å². The minimum atomic E-state index is -0.0360. The fraction of sp³-hybridized carbons (Fsp3) is 0.647. The van der Waals surface area contributed by atoms with E-state index in [1.165, 1.54) is 36.1 Å². The second-order valence-corrected chi connectivity index (χ2v) is 7.20. The van der Waals surface area contributed by atoms with Gasteiger partial charge in [-0.3, -0.25) is 0 Å². The molecular formula is C17H27NOS. The minimum Gasteiger partial charge on any atom is -0.487 e. The van der Waals surface area contributed by atoms with E-state index in [0.29, 0.717) is 0 Å². The van der Waals surface area contributed by atoms with Crippen LogP contribution in [0.25, 0.3) is 0 Å². The van der Waals surface area contributed by atoms with Gasteiger partial charge in [-0.25, -0.2) is 0 Å². The highest BCUT2D eigenvalue weighted by atomic mass is 32.2. The topological polar surface area (TPSA) is 21.3 Å². The van der Waals surface area contributed by atoms with Crippen LogP contribution in [0, 0.1) is 0 Å². The van der Waals surface area contributed by atoms with Crippen molar-refractivity contribution in [2.45, 2.75) is 51.7 Å². The van der Waals surface area contributed by atoms with E-state index < -0.39 is 0 Å². The molecule has 0 unspecified atom stereocenters. The molecule has 20 heavy (non-hydrogen) atoms. The predicted molar refractivity (Wildman–Crippen MR) is 88.8 cm³/mol.